The van der Waals surface area contributed by atoms with Gasteiger partial charge in [-0.25, -0.2) is 0 Å². The average Bonchev–Trinajstić information content (AvgIpc) is 2.79. The third-order valence-electron chi connectivity index (χ3n) is 4.81. The maximum atomic E-state index is 5.99. The normalized spacial score (nSPS) is 12.4. The molecule has 0 unspecified atom stereocenters. The second kappa shape index (κ2) is 10.0. The van der Waals surface area contributed by atoms with Gasteiger partial charge in [-0.3, -0.25) is 0 Å². The summed E-state index contributed by atoms with van der Waals surface area (Å²) in [7, 11) is 0. The molecule has 1 aliphatic heterocycles. The molecule has 0 radical (unpaired) electrons. The molecule has 0 fully saturated rings. The molecule has 30 heavy (non-hydrogen) atoms. The molecule has 0 amide bonds. The predicted octanol–water partition coefficient (Wildman–Crippen LogP) is 4.73. The molecule has 0 atom stereocenters. The van der Waals surface area contributed by atoms with E-state index in [1.165, 1.54) is 0 Å². The number of rotatable bonds is 9. The third kappa shape index (κ3) is 5.24. The molecule has 0 aliphatic carbocycles. The van der Waals surface area contributed by atoms with E-state index in [0.29, 0.717) is 26.4 Å². The Morgan fingerprint density at radius 3 is 2.27 bits per heavy atom. The highest BCUT2D eigenvalue weighted by molar-refractivity contribution is 5.44. The summed E-state index contributed by atoms with van der Waals surface area (Å²) in [6.45, 7) is 5.77. The molecule has 5 heteroatoms. The van der Waals surface area contributed by atoms with E-state index in [-0.39, 0.29) is 0 Å². The molecular formula is C25H27NO4. The van der Waals surface area contributed by atoms with Gasteiger partial charge in [0.2, 0.25) is 0 Å². The van der Waals surface area contributed by atoms with E-state index in [0.717, 1.165) is 52.8 Å². The lowest BCUT2D eigenvalue weighted by molar-refractivity contribution is 0.171. The molecule has 1 N–H and O–H groups in total. The fourth-order valence-electron chi connectivity index (χ4n) is 3.33. The first-order valence-electron chi connectivity index (χ1n) is 10.3. The Balaban J connectivity index is 1.35. The van der Waals surface area contributed by atoms with Crippen LogP contribution < -0.4 is 24.3 Å². The first kappa shape index (κ1) is 20.1. The lowest BCUT2D eigenvalue weighted by atomic mass is 10.1. The average molecular weight is 405 g/mol. The van der Waals surface area contributed by atoms with Crippen molar-refractivity contribution in [3.63, 3.8) is 0 Å². The fourth-order valence-corrected chi connectivity index (χ4v) is 3.33. The summed E-state index contributed by atoms with van der Waals surface area (Å²) in [5.74, 6) is 3.17. The van der Waals surface area contributed by atoms with Crippen molar-refractivity contribution in [3.05, 3.63) is 83.4 Å². The minimum Gasteiger partial charge on any atom is -0.490 e. The maximum absolute atomic E-state index is 5.99. The van der Waals surface area contributed by atoms with Gasteiger partial charge in [-0.05, 0) is 47.9 Å². The Hall–Kier alpha value is -3.18. The molecule has 3 aromatic carbocycles. The van der Waals surface area contributed by atoms with Gasteiger partial charge < -0.3 is 24.3 Å². The molecule has 3 aromatic rings. The van der Waals surface area contributed by atoms with Gasteiger partial charge in [0.15, 0.2) is 23.0 Å². The smallest absolute Gasteiger partial charge is 0.161 e. The van der Waals surface area contributed by atoms with Crippen LogP contribution in [-0.4, -0.2) is 19.8 Å². The molecule has 0 aromatic heterocycles. The van der Waals surface area contributed by atoms with Crippen molar-refractivity contribution < 1.29 is 18.9 Å². The lowest BCUT2D eigenvalue weighted by Crippen LogP contribution is -2.16. The zero-order chi connectivity index (χ0) is 20.6. The van der Waals surface area contributed by atoms with Crippen molar-refractivity contribution in [3.8, 4) is 23.0 Å². The van der Waals surface area contributed by atoms with Crippen LogP contribution in [0, 0.1) is 0 Å². The van der Waals surface area contributed by atoms with Crippen molar-refractivity contribution in [1.82, 2.24) is 5.32 Å². The van der Waals surface area contributed by atoms with E-state index in [1.54, 1.807) is 0 Å². The van der Waals surface area contributed by atoms with Gasteiger partial charge in [0, 0.05) is 13.1 Å². The summed E-state index contributed by atoms with van der Waals surface area (Å²) in [5, 5.41) is 3.48. The van der Waals surface area contributed by atoms with E-state index in [4.69, 9.17) is 18.9 Å². The largest absolute Gasteiger partial charge is 0.490 e. The Morgan fingerprint density at radius 2 is 1.47 bits per heavy atom. The first-order valence-corrected chi connectivity index (χ1v) is 10.3. The second-order valence-corrected chi connectivity index (χ2v) is 7.07. The quantitative estimate of drug-likeness (QED) is 0.558. The topological polar surface area (TPSA) is 49.0 Å². The van der Waals surface area contributed by atoms with Crippen LogP contribution in [0.3, 0.4) is 0 Å². The Labute approximate surface area is 177 Å². The predicted molar refractivity (Wildman–Crippen MR) is 116 cm³/mol. The Bertz CT molecular complexity index is 959. The van der Waals surface area contributed by atoms with Gasteiger partial charge >= 0.3 is 0 Å². The zero-order valence-corrected chi connectivity index (χ0v) is 17.2. The minimum absolute atomic E-state index is 0.516. The number of hydrogen-bond donors (Lipinski definition) is 1. The van der Waals surface area contributed by atoms with Gasteiger partial charge in [-0.15, -0.1) is 0 Å². The SMILES string of the molecule is CCOc1cc(CNCc2ccc3c(c2)OCCO3)ccc1OCc1ccccc1. The summed E-state index contributed by atoms with van der Waals surface area (Å²) < 4.78 is 23.0. The summed E-state index contributed by atoms with van der Waals surface area (Å²) in [6.07, 6.45) is 0. The fraction of sp³-hybridized carbons (Fsp3) is 0.280. The van der Waals surface area contributed by atoms with E-state index in [2.05, 4.69) is 29.6 Å². The number of fused-ring (bicyclic) bond motifs is 1. The van der Waals surface area contributed by atoms with Crippen molar-refractivity contribution in [2.24, 2.45) is 0 Å². The first-order chi connectivity index (χ1) is 14.8. The molecule has 5 nitrogen and oxygen atoms in total. The lowest BCUT2D eigenvalue weighted by Gasteiger charge is -2.19. The number of ether oxygens (including phenoxy) is 4. The summed E-state index contributed by atoms with van der Waals surface area (Å²) in [4.78, 5) is 0. The Morgan fingerprint density at radius 1 is 0.733 bits per heavy atom. The van der Waals surface area contributed by atoms with E-state index >= 15 is 0 Å². The maximum Gasteiger partial charge on any atom is 0.161 e. The van der Waals surface area contributed by atoms with Crippen LogP contribution in [0.15, 0.2) is 66.7 Å². The molecular weight excluding hydrogens is 378 g/mol. The molecule has 0 saturated carbocycles. The molecule has 0 spiro atoms. The van der Waals surface area contributed by atoms with E-state index in [1.807, 2.05) is 49.4 Å². The van der Waals surface area contributed by atoms with Gasteiger partial charge in [0.25, 0.3) is 0 Å². The number of nitrogens with one attached hydrogen (secondary N) is 1. The highest BCUT2D eigenvalue weighted by Crippen LogP contribution is 2.31. The second-order valence-electron chi connectivity index (χ2n) is 7.07. The molecule has 4 rings (SSSR count). The summed E-state index contributed by atoms with van der Waals surface area (Å²) >= 11 is 0. The van der Waals surface area contributed by atoms with Crippen molar-refractivity contribution in [2.45, 2.75) is 26.6 Å². The van der Waals surface area contributed by atoms with Crippen LogP contribution in [0.1, 0.15) is 23.6 Å². The van der Waals surface area contributed by atoms with Gasteiger partial charge in [-0.2, -0.15) is 0 Å². The monoisotopic (exact) mass is 405 g/mol. The highest BCUT2D eigenvalue weighted by atomic mass is 16.6. The number of benzene rings is 3. The van der Waals surface area contributed by atoms with Crippen molar-refractivity contribution in [1.29, 1.82) is 0 Å². The van der Waals surface area contributed by atoms with Crippen LogP contribution in [0.25, 0.3) is 0 Å². The van der Waals surface area contributed by atoms with Gasteiger partial charge in [0.05, 0.1) is 6.61 Å². The molecule has 0 bridgehead atoms. The van der Waals surface area contributed by atoms with Crippen LogP contribution in [0.2, 0.25) is 0 Å². The standard InChI is InChI=1S/C25H27NO4/c1-2-27-24-14-20(9-11-23(24)30-18-19-6-4-3-5-7-19)16-26-17-21-8-10-22-25(15-21)29-13-12-28-22/h3-11,14-15,26H,2,12-13,16-18H2,1H3. The Kier molecular flexibility index (Phi) is 6.72. The van der Waals surface area contributed by atoms with Crippen LogP contribution in [0.4, 0.5) is 0 Å². The molecule has 0 saturated heterocycles. The zero-order valence-electron chi connectivity index (χ0n) is 17.2. The molecule has 1 heterocycles. The van der Waals surface area contributed by atoms with Gasteiger partial charge in [0.1, 0.15) is 19.8 Å². The van der Waals surface area contributed by atoms with E-state index < -0.39 is 0 Å². The van der Waals surface area contributed by atoms with Crippen molar-refractivity contribution >= 4 is 0 Å². The van der Waals surface area contributed by atoms with Crippen LogP contribution in [-0.2, 0) is 19.7 Å². The van der Waals surface area contributed by atoms with Gasteiger partial charge in [-0.1, -0.05) is 42.5 Å². The van der Waals surface area contributed by atoms with Crippen molar-refractivity contribution in [2.75, 3.05) is 19.8 Å². The molecule has 1 aliphatic rings. The van der Waals surface area contributed by atoms with Crippen LogP contribution >= 0.6 is 0 Å². The summed E-state index contributed by atoms with van der Waals surface area (Å²) in [5.41, 5.74) is 3.43. The molecule has 156 valence electrons. The minimum atomic E-state index is 0.516. The highest BCUT2D eigenvalue weighted by Gasteiger charge is 2.12. The summed E-state index contributed by atoms with van der Waals surface area (Å²) in [6, 6.07) is 22.3. The number of hydrogen-bond acceptors (Lipinski definition) is 5. The van der Waals surface area contributed by atoms with Crippen LogP contribution in [0.5, 0.6) is 23.0 Å². The van der Waals surface area contributed by atoms with E-state index in [9.17, 15) is 0 Å². The third-order valence-corrected chi connectivity index (χ3v) is 4.81.